The highest BCUT2D eigenvalue weighted by Crippen LogP contribution is 2.21. The van der Waals surface area contributed by atoms with Crippen molar-refractivity contribution < 1.29 is 9.59 Å². The van der Waals surface area contributed by atoms with E-state index in [-0.39, 0.29) is 11.8 Å². The van der Waals surface area contributed by atoms with Crippen molar-refractivity contribution in [2.24, 2.45) is 0 Å². The number of piperazine rings is 1. The second kappa shape index (κ2) is 9.74. The van der Waals surface area contributed by atoms with Crippen LogP contribution in [0.4, 0.5) is 11.5 Å². The minimum Gasteiger partial charge on any atom is -0.373 e. The van der Waals surface area contributed by atoms with Crippen molar-refractivity contribution in [3.63, 3.8) is 0 Å². The lowest BCUT2D eigenvalue weighted by atomic mass is 10.1. The maximum atomic E-state index is 12.7. The van der Waals surface area contributed by atoms with Gasteiger partial charge in [-0.15, -0.1) is 0 Å². The number of benzene rings is 2. The fourth-order valence-electron chi connectivity index (χ4n) is 3.91. The van der Waals surface area contributed by atoms with Crippen LogP contribution in [0.2, 0.25) is 0 Å². The van der Waals surface area contributed by atoms with Gasteiger partial charge in [-0.05, 0) is 42.4 Å². The van der Waals surface area contributed by atoms with E-state index in [2.05, 4.69) is 32.4 Å². The fourth-order valence-corrected chi connectivity index (χ4v) is 3.91. The Hall–Kier alpha value is -3.52. The molecule has 1 aliphatic rings. The number of rotatable bonds is 6. The van der Waals surface area contributed by atoms with Crippen LogP contribution >= 0.6 is 0 Å². The van der Waals surface area contributed by atoms with Crippen LogP contribution < -0.4 is 10.6 Å². The summed E-state index contributed by atoms with van der Waals surface area (Å²) < 4.78 is 0. The Balaban J connectivity index is 1.37. The van der Waals surface area contributed by atoms with Gasteiger partial charge in [0.2, 0.25) is 5.91 Å². The van der Waals surface area contributed by atoms with Gasteiger partial charge in [0, 0.05) is 49.9 Å². The van der Waals surface area contributed by atoms with Crippen molar-refractivity contribution in [1.82, 2.24) is 19.8 Å². The third-order valence-electron chi connectivity index (χ3n) is 5.87. The molecule has 0 spiro atoms. The molecule has 32 heavy (non-hydrogen) atoms. The number of anilines is 2. The van der Waals surface area contributed by atoms with Gasteiger partial charge in [-0.25, -0.2) is 9.97 Å². The molecular formula is C24H28N6O2. The van der Waals surface area contributed by atoms with Gasteiger partial charge in [-0.3, -0.25) is 9.59 Å². The Morgan fingerprint density at radius 1 is 1.00 bits per heavy atom. The Kier molecular flexibility index (Phi) is 6.61. The molecule has 1 fully saturated rings. The largest absolute Gasteiger partial charge is 0.373 e. The monoisotopic (exact) mass is 432 g/mol. The number of hydrogen-bond donors (Lipinski definition) is 2. The van der Waals surface area contributed by atoms with Gasteiger partial charge in [0.15, 0.2) is 0 Å². The number of likely N-dealkylation sites (N-methyl/N-ethyl adjacent to an activating group) is 1. The summed E-state index contributed by atoms with van der Waals surface area (Å²) >= 11 is 0. The number of nitrogens with zero attached hydrogens (tertiary/aromatic N) is 4. The molecule has 2 heterocycles. The molecule has 8 nitrogen and oxygen atoms in total. The molecule has 0 bridgehead atoms. The first-order valence-electron chi connectivity index (χ1n) is 10.9. The summed E-state index contributed by atoms with van der Waals surface area (Å²) in [6.07, 6.45) is 1.85. The van der Waals surface area contributed by atoms with Gasteiger partial charge < -0.3 is 20.4 Å². The van der Waals surface area contributed by atoms with Crippen LogP contribution in [0, 0.1) is 0 Å². The predicted octanol–water partition coefficient (Wildman–Crippen LogP) is 2.63. The fraction of sp³-hybridized carbons (Fsp3) is 0.333. The average molecular weight is 433 g/mol. The molecule has 3 aromatic rings. The summed E-state index contributed by atoms with van der Waals surface area (Å²) in [4.78, 5) is 38.0. The molecule has 166 valence electrons. The second-order valence-electron chi connectivity index (χ2n) is 7.85. The second-order valence-corrected chi connectivity index (χ2v) is 7.85. The zero-order valence-corrected chi connectivity index (χ0v) is 18.5. The minimum atomic E-state index is -0.214. The van der Waals surface area contributed by atoms with E-state index in [1.54, 1.807) is 19.2 Å². The van der Waals surface area contributed by atoms with Crippen LogP contribution in [0.3, 0.4) is 0 Å². The van der Waals surface area contributed by atoms with E-state index in [1.807, 2.05) is 35.2 Å². The van der Waals surface area contributed by atoms with Crippen LogP contribution in [0.15, 0.2) is 48.8 Å². The summed E-state index contributed by atoms with van der Waals surface area (Å²) in [5.41, 5.74) is 2.84. The van der Waals surface area contributed by atoms with Crippen molar-refractivity contribution in [3.05, 3.63) is 59.9 Å². The number of carbonyl (C=O) groups is 2. The van der Waals surface area contributed by atoms with Gasteiger partial charge in [0.05, 0.1) is 11.9 Å². The van der Waals surface area contributed by atoms with Crippen LogP contribution in [-0.2, 0) is 11.2 Å². The Morgan fingerprint density at radius 2 is 1.75 bits per heavy atom. The van der Waals surface area contributed by atoms with Gasteiger partial charge in [-0.1, -0.05) is 19.1 Å². The molecule has 0 radical (unpaired) electrons. The standard InChI is InChI=1S/C24H28N6O2/c1-3-29-10-12-30(13-11-29)22(31)14-17-4-7-19(8-5-17)28-24(32)18-6-9-20-21(15-18)26-16-27-23(20)25-2/h4-9,15-16H,3,10-14H2,1-2H3,(H,28,32)(H,25,26,27). The Labute approximate surface area is 187 Å². The first-order valence-corrected chi connectivity index (χ1v) is 10.9. The molecule has 0 unspecified atom stereocenters. The van der Waals surface area contributed by atoms with Crippen molar-refractivity contribution in [2.75, 3.05) is 50.4 Å². The molecular weight excluding hydrogens is 404 g/mol. The Bertz CT molecular complexity index is 1110. The lowest BCUT2D eigenvalue weighted by Gasteiger charge is -2.34. The van der Waals surface area contributed by atoms with E-state index in [0.717, 1.165) is 49.5 Å². The molecule has 0 atom stereocenters. The van der Waals surface area contributed by atoms with Gasteiger partial charge in [0.1, 0.15) is 12.1 Å². The molecule has 1 aromatic heterocycles. The molecule has 2 aromatic carbocycles. The maximum absolute atomic E-state index is 12.7. The number of carbonyl (C=O) groups excluding carboxylic acids is 2. The summed E-state index contributed by atoms with van der Waals surface area (Å²) in [5.74, 6) is 0.658. The number of hydrogen-bond acceptors (Lipinski definition) is 6. The SMILES string of the molecule is CCN1CCN(C(=O)Cc2ccc(NC(=O)c3ccc4c(NC)ncnc4c3)cc2)CC1. The van der Waals surface area contributed by atoms with Crippen molar-refractivity contribution in [2.45, 2.75) is 13.3 Å². The summed E-state index contributed by atoms with van der Waals surface area (Å²) in [7, 11) is 1.80. The van der Waals surface area contributed by atoms with Gasteiger partial charge >= 0.3 is 0 Å². The zero-order valence-electron chi connectivity index (χ0n) is 18.5. The third kappa shape index (κ3) is 4.86. The lowest BCUT2D eigenvalue weighted by molar-refractivity contribution is -0.132. The highest BCUT2D eigenvalue weighted by atomic mass is 16.2. The van der Waals surface area contributed by atoms with Crippen LogP contribution in [0.1, 0.15) is 22.8 Å². The quantitative estimate of drug-likeness (QED) is 0.622. The zero-order chi connectivity index (χ0) is 22.5. The van der Waals surface area contributed by atoms with Crippen molar-refractivity contribution in [1.29, 1.82) is 0 Å². The molecule has 4 rings (SSSR count). The highest BCUT2D eigenvalue weighted by molar-refractivity contribution is 6.06. The normalized spacial score (nSPS) is 14.4. The highest BCUT2D eigenvalue weighted by Gasteiger charge is 2.20. The third-order valence-corrected chi connectivity index (χ3v) is 5.87. The molecule has 1 saturated heterocycles. The van der Waals surface area contributed by atoms with Crippen molar-refractivity contribution in [3.8, 4) is 0 Å². The Morgan fingerprint density at radius 3 is 2.44 bits per heavy atom. The molecule has 0 saturated carbocycles. The number of aromatic nitrogens is 2. The number of nitrogens with one attached hydrogen (secondary N) is 2. The summed E-state index contributed by atoms with van der Waals surface area (Å²) in [6.45, 7) is 6.61. The van der Waals surface area contributed by atoms with E-state index in [1.165, 1.54) is 6.33 Å². The molecule has 2 N–H and O–H groups in total. The molecule has 2 amide bonds. The van der Waals surface area contributed by atoms with E-state index >= 15 is 0 Å². The van der Waals surface area contributed by atoms with Crippen LogP contribution in [-0.4, -0.2) is 71.4 Å². The smallest absolute Gasteiger partial charge is 0.255 e. The van der Waals surface area contributed by atoms with E-state index in [4.69, 9.17) is 0 Å². The van der Waals surface area contributed by atoms with Crippen LogP contribution in [0.25, 0.3) is 10.9 Å². The van der Waals surface area contributed by atoms with Crippen LogP contribution in [0.5, 0.6) is 0 Å². The topological polar surface area (TPSA) is 90.5 Å². The number of fused-ring (bicyclic) bond motifs is 1. The maximum Gasteiger partial charge on any atom is 0.255 e. The van der Waals surface area contributed by atoms with E-state index in [9.17, 15) is 9.59 Å². The number of amides is 2. The van der Waals surface area contributed by atoms with Gasteiger partial charge in [-0.2, -0.15) is 0 Å². The first-order chi connectivity index (χ1) is 15.6. The van der Waals surface area contributed by atoms with Gasteiger partial charge in [0.25, 0.3) is 5.91 Å². The first kappa shape index (κ1) is 21.7. The predicted molar refractivity (Wildman–Crippen MR) is 126 cm³/mol. The molecule has 8 heteroatoms. The van der Waals surface area contributed by atoms with Crippen molar-refractivity contribution >= 4 is 34.2 Å². The minimum absolute atomic E-state index is 0.150. The molecule has 1 aliphatic heterocycles. The van der Waals surface area contributed by atoms with E-state index < -0.39 is 0 Å². The average Bonchev–Trinajstić information content (AvgIpc) is 2.84. The molecule has 0 aliphatic carbocycles. The van der Waals surface area contributed by atoms with E-state index in [0.29, 0.717) is 23.2 Å². The summed E-state index contributed by atoms with van der Waals surface area (Å²) in [5, 5.41) is 6.79. The lowest BCUT2D eigenvalue weighted by Crippen LogP contribution is -2.48. The summed E-state index contributed by atoms with van der Waals surface area (Å²) in [6, 6.07) is 12.8.